The first-order valence-electron chi connectivity index (χ1n) is 9.79. The summed E-state index contributed by atoms with van der Waals surface area (Å²) in [6.07, 6.45) is 0.910. The van der Waals surface area contributed by atoms with Crippen LogP contribution in [0.25, 0.3) is 0 Å². The quantitative estimate of drug-likeness (QED) is 0.667. The molecule has 0 bridgehead atoms. The number of ether oxygens (including phenoxy) is 1. The van der Waals surface area contributed by atoms with E-state index in [4.69, 9.17) is 16.3 Å². The van der Waals surface area contributed by atoms with Crippen LogP contribution in [-0.2, 0) is 14.3 Å². The average Bonchev–Trinajstić information content (AvgIpc) is 2.77. The number of carbonyl (C=O) groups excluding carboxylic acids is 2. The molecule has 0 saturated carbocycles. The van der Waals surface area contributed by atoms with Gasteiger partial charge in [0.05, 0.1) is 11.4 Å². The predicted molar refractivity (Wildman–Crippen MR) is 116 cm³/mol. The van der Waals surface area contributed by atoms with Gasteiger partial charge in [-0.15, -0.1) is 0 Å². The van der Waals surface area contributed by atoms with Gasteiger partial charge in [0, 0.05) is 22.6 Å². The Morgan fingerprint density at radius 2 is 1.93 bits per heavy atom. The number of fused-ring (bicyclic) bond motifs is 1. The Kier molecular flexibility index (Phi) is 6.56. The maximum Gasteiger partial charge on any atom is 0.306 e. The first-order chi connectivity index (χ1) is 14.1. The number of hydrogen-bond donors (Lipinski definition) is 1. The van der Waals surface area contributed by atoms with Gasteiger partial charge in [-0.25, -0.2) is 4.39 Å². The Morgan fingerprint density at radius 1 is 1.20 bits per heavy atom. The fraction of sp³-hybridized carbons (Fsp3) is 0.348. The van der Waals surface area contributed by atoms with Gasteiger partial charge in [0.15, 0.2) is 0 Å². The molecule has 0 unspecified atom stereocenters. The van der Waals surface area contributed by atoms with Crippen molar-refractivity contribution in [3.05, 3.63) is 64.4 Å². The van der Waals surface area contributed by atoms with Crippen molar-refractivity contribution in [1.82, 2.24) is 0 Å². The Morgan fingerprint density at radius 3 is 2.63 bits per heavy atom. The number of carbonyl (C=O) groups is 2. The zero-order chi connectivity index (χ0) is 21.9. The molecule has 3 rings (SSSR count). The minimum Gasteiger partial charge on any atom is -0.460 e. The molecular weight excluding hydrogens is 407 g/mol. The molecule has 1 atom stereocenters. The Labute approximate surface area is 180 Å². The summed E-state index contributed by atoms with van der Waals surface area (Å²) >= 11 is 6.15. The molecule has 1 amide bonds. The maximum absolute atomic E-state index is 14.6. The molecule has 2 aromatic carbocycles. The molecule has 0 radical (unpaired) electrons. The highest BCUT2D eigenvalue weighted by Gasteiger charge is 2.27. The fourth-order valence-electron chi connectivity index (χ4n) is 3.22. The van der Waals surface area contributed by atoms with Crippen molar-refractivity contribution < 1.29 is 18.7 Å². The van der Waals surface area contributed by atoms with Crippen molar-refractivity contribution in [2.75, 3.05) is 5.32 Å². The van der Waals surface area contributed by atoms with Gasteiger partial charge in [-0.3, -0.25) is 14.6 Å². The number of benzodiazepines with no additional fused rings is 1. The van der Waals surface area contributed by atoms with Crippen LogP contribution in [0.1, 0.15) is 51.2 Å². The van der Waals surface area contributed by atoms with Crippen molar-refractivity contribution in [1.29, 1.82) is 0 Å². The molecule has 0 fully saturated rings. The monoisotopic (exact) mass is 430 g/mol. The Balaban J connectivity index is 1.89. The maximum atomic E-state index is 14.6. The summed E-state index contributed by atoms with van der Waals surface area (Å²) in [5.74, 6) is -1.08. The van der Waals surface area contributed by atoms with Crippen LogP contribution in [0.4, 0.5) is 10.1 Å². The number of halogens is 2. The van der Waals surface area contributed by atoms with E-state index < -0.39 is 17.5 Å². The minimum atomic E-state index is -0.770. The van der Waals surface area contributed by atoms with Gasteiger partial charge in [-0.2, -0.15) is 0 Å². The third-order valence-corrected chi connectivity index (χ3v) is 4.72. The number of rotatable bonds is 5. The molecule has 0 spiro atoms. The van der Waals surface area contributed by atoms with Gasteiger partial charge in [-0.05, 0) is 63.9 Å². The second-order valence-electron chi connectivity index (χ2n) is 8.13. The van der Waals surface area contributed by atoms with Gasteiger partial charge in [0.25, 0.3) is 0 Å². The summed E-state index contributed by atoms with van der Waals surface area (Å²) in [7, 11) is 0. The molecule has 0 aliphatic carbocycles. The number of nitrogens with zero attached hydrogens (tertiary/aromatic N) is 1. The lowest BCUT2D eigenvalue weighted by atomic mass is 10.00. The molecule has 1 heterocycles. The van der Waals surface area contributed by atoms with Crippen molar-refractivity contribution in [2.45, 2.75) is 51.7 Å². The topological polar surface area (TPSA) is 67.8 Å². The van der Waals surface area contributed by atoms with Crippen LogP contribution in [-0.4, -0.2) is 29.2 Å². The minimum absolute atomic E-state index is 0.171. The lowest BCUT2D eigenvalue weighted by Gasteiger charge is -2.19. The molecule has 158 valence electrons. The molecule has 2 aromatic rings. The van der Waals surface area contributed by atoms with Gasteiger partial charge in [-0.1, -0.05) is 23.7 Å². The number of hydrogen-bond acceptors (Lipinski definition) is 4. The molecule has 1 aliphatic rings. The third kappa shape index (κ3) is 5.45. The highest BCUT2D eigenvalue weighted by molar-refractivity contribution is 6.32. The largest absolute Gasteiger partial charge is 0.460 e. The molecule has 30 heavy (non-hydrogen) atoms. The van der Waals surface area contributed by atoms with Crippen molar-refractivity contribution >= 4 is 34.9 Å². The average molecular weight is 431 g/mol. The molecular formula is C23H24ClFN2O3. The second-order valence-corrected chi connectivity index (χ2v) is 8.57. The van der Waals surface area contributed by atoms with Crippen molar-refractivity contribution in [2.24, 2.45) is 4.99 Å². The number of esters is 1. The number of anilines is 1. The summed E-state index contributed by atoms with van der Waals surface area (Å²) in [6.45, 7) is 5.41. The van der Waals surface area contributed by atoms with Gasteiger partial charge < -0.3 is 10.1 Å². The first-order valence-corrected chi connectivity index (χ1v) is 10.2. The Hall–Kier alpha value is -2.73. The van der Waals surface area contributed by atoms with Crippen LogP contribution >= 0.6 is 11.6 Å². The van der Waals surface area contributed by atoms with Crippen molar-refractivity contribution in [3.8, 4) is 0 Å². The van der Waals surface area contributed by atoms with Gasteiger partial charge in [0.2, 0.25) is 5.91 Å². The van der Waals surface area contributed by atoms with E-state index in [0.717, 1.165) is 0 Å². The van der Waals surface area contributed by atoms with Crippen LogP contribution in [0.5, 0.6) is 0 Å². The number of nitrogens with one attached hydrogen (secondary N) is 1. The fourth-order valence-corrected chi connectivity index (χ4v) is 3.39. The second kappa shape index (κ2) is 8.96. The van der Waals surface area contributed by atoms with Crippen LogP contribution in [0, 0.1) is 5.82 Å². The summed E-state index contributed by atoms with van der Waals surface area (Å²) in [6, 6.07) is 10.5. The lowest BCUT2D eigenvalue weighted by Crippen LogP contribution is -2.27. The molecule has 1 N–H and O–H groups in total. The normalized spacial score (nSPS) is 16.2. The van der Waals surface area contributed by atoms with Crippen molar-refractivity contribution in [3.63, 3.8) is 0 Å². The van der Waals surface area contributed by atoms with E-state index in [2.05, 4.69) is 10.3 Å². The molecule has 1 aliphatic heterocycles. The van der Waals surface area contributed by atoms with E-state index in [1.165, 1.54) is 6.07 Å². The molecule has 0 saturated heterocycles. The zero-order valence-corrected chi connectivity index (χ0v) is 17.9. The Bertz CT molecular complexity index is 998. The smallest absolute Gasteiger partial charge is 0.306 e. The van der Waals surface area contributed by atoms with Crippen LogP contribution < -0.4 is 5.32 Å². The van der Waals surface area contributed by atoms with E-state index in [1.807, 2.05) is 0 Å². The number of benzene rings is 2. The molecule has 7 heteroatoms. The van der Waals surface area contributed by atoms with E-state index in [0.29, 0.717) is 34.8 Å². The summed E-state index contributed by atoms with van der Waals surface area (Å²) in [5, 5.41) is 3.30. The highest BCUT2D eigenvalue weighted by Crippen LogP contribution is 2.29. The van der Waals surface area contributed by atoms with E-state index >= 15 is 0 Å². The van der Waals surface area contributed by atoms with Crippen LogP contribution in [0.15, 0.2) is 47.5 Å². The highest BCUT2D eigenvalue weighted by atomic mass is 35.5. The standard InChI is InChI=1S/C23H24ClFN2O3/c1-23(2,3)30-20(28)10-6-9-19-22(29)27-18-12-11-14(24)13-16(18)21(26-19)15-7-4-5-8-17(15)25/h4-5,7-8,11-13,19H,6,9-10H2,1-3H3,(H,27,29)/t19-/m0/s1. The number of aliphatic imine (C=N–C) groups is 1. The SMILES string of the molecule is CC(C)(C)OC(=O)CCC[C@@H]1N=C(c2ccccc2F)c2cc(Cl)ccc2NC1=O. The van der Waals surface area contributed by atoms with Crippen LogP contribution in [0.3, 0.4) is 0 Å². The van der Waals surface area contributed by atoms with E-state index in [-0.39, 0.29) is 23.9 Å². The van der Waals surface area contributed by atoms with Gasteiger partial charge in [0.1, 0.15) is 17.5 Å². The van der Waals surface area contributed by atoms with Gasteiger partial charge >= 0.3 is 5.97 Å². The van der Waals surface area contributed by atoms with E-state index in [9.17, 15) is 14.0 Å². The summed E-state index contributed by atoms with van der Waals surface area (Å²) < 4.78 is 19.9. The summed E-state index contributed by atoms with van der Waals surface area (Å²) in [5.41, 5.74) is 1.14. The molecule has 0 aromatic heterocycles. The third-order valence-electron chi connectivity index (χ3n) is 4.49. The molecule has 5 nitrogen and oxygen atoms in total. The first kappa shape index (κ1) is 22.0. The predicted octanol–water partition coefficient (Wildman–Crippen LogP) is 5.15. The van der Waals surface area contributed by atoms with E-state index in [1.54, 1.807) is 57.2 Å². The summed E-state index contributed by atoms with van der Waals surface area (Å²) in [4.78, 5) is 29.3. The number of amides is 1. The lowest BCUT2D eigenvalue weighted by molar-refractivity contribution is -0.155. The zero-order valence-electron chi connectivity index (χ0n) is 17.2. The van der Waals surface area contributed by atoms with Crippen LogP contribution in [0.2, 0.25) is 5.02 Å².